The lowest BCUT2D eigenvalue weighted by Crippen LogP contribution is -2.62. The van der Waals surface area contributed by atoms with Gasteiger partial charge in [0.25, 0.3) is 0 Å². The molecule has 1 saturated carbocycles. The highest BCUT2D eigenvalue weighted by Gasteiger charge is 2.55. The number of aliphatic hydroxyl groups is 1. The Kier molecular flexibility index (Phi) is 5.71. The second kappa shape index (κ2) is 7.81. The van der Waals surface area contributed by atoms with E-state index in [-0.39, 0.29) is 29.3 Å². The largest absolute Gasteiger partial charge is 0.392 e. The van der Waals surface area contributed by atoms with E-state index < -0.39 is 0 Å². The van der Waals surface area contributed by atoms with Crippen molar-refractivity contribution in [3.63, 3.8) is 0 Å². The molecule has 2 fully saturated rings. The van der Waals surface area contributed by atoms with Gasteiger partial charge < -0.3 is 15.2 Å². The topological polar surface area (TPSA) is 61.8 Å². The number of nitrogens with zero attached hydrogens (tertiary/aromatic N) is 1. The molecule has 1 amide bonds. The maximum Gasteiger partial charge on any atom is 0.234 e. The summed E-state index contributed by atoms with van der Waals surface area (Å²) in [5.41, 5.74) is 0.899. The van der Waals surface area contributed by atoms with Crippen LogP contribution in [0.15, 0.2) is 24.3 Å². The number of nitrogens with one attached hydrogen (secondary N) is 1. The van der Waals surface area contributed by atoms with Crippen molar-refractivity contribution in [2.75, 3.05) is 33.3 Å². The van der Waals surface area contributed by atoms with Crippen molar-refractivity contribution < 1.29 is 19.0 Å². The van der Waals surface area contributed by atoms with Crippen molar-refractivity contribution in [2.24, 2.45) is 5.41 Å². The van der Waals surface area contributed by atoms with Crippen LogP contribution in [0.2, 0.25) is 0 Å². The SMILES string of the molecule is COC1CC(O)C12CCN(CC(=O)NCCc1ccc(F)cc1)CC2. The van der Waals surface area contributed by atoms with Crippen molar-refractivity contribution >= 4 is 5.91 Å². The van der Waals surface area contributed by atoms with E-state index in [0.717, 1.165) is 37.9 Å². The molecule has 1 aliphatic carbocycles. The molecule has 2 aliphatic rings. The summed E-state index contributed by atoms with van der Waals surface area (Å²) in [4.78, 5) is 14.2. The van der Waals surface area contributed by atoms with E-state index in [1.54, 1.807) is 19.2 Å². The highest BCUT2D eigenvalue weighted by Crippen LogP contribution is 2.50. The zero-order valence-corrected chi connectivity index (χ0v) is 14.7. The van der Waals surface area contributed by atoms with E-state index >= 15 is 0 Å². The molecule has 1 aromatic rings. The van der Waals surface area contributed by atoms with Gasteiger partial charge in [0.05, 0.1) is 18.8 Å². The average Bonchev–Trinajstić information content (AvgIpc) is 2.62. The molecule has 2 N–H and O–H groups in total. The third-order valence-corrected chi connectivity index (χ3v) is 5.83. The summed E-state index contributed by atoms with van der Waals surface area (Å²) in [6.45, 7) is 2.55. The van der Waals surface area contributed by atoms with Crippen LogP contribution < -0.4 is 5.32 Å². The van der Waals surface area contributed by atoms with Gasteiger partial charge in [-0.25, -0.2) is 4.39 Å². The number of benzene rings is 1. The number of hydrogen-bond acceptors (Lipinski definition) is 4. The molecule has 138 valence electrons. The van der Waals surface area contributed by atoms with E-state index in [1.807, 2.05) is 0 Å². The summed E-state index contributed by atoms with van der Waals surface area (Å²) in [6.07, 6.45) is 3.03. The summed E-state index contributed by atoms with van der Waals surface area (Å²) in [6, 6.07) is 6.34. The third-order valence-electron chi connectivity index (χ3n) is 5.83. The number of rotatable bonds is 6. The molecular weight excluding hydrogens is 323 g/mol. The molecule has 3 rings (SSSR count). The minimum Gasteiger partial charge on any atom is -0.392 e. The fraction of sp³-hybridized carbons (Fsp3) is 0.632. The maximum absolute atomic E-state index is 12.9. The fourth-order valence-corrected chi connectivity index (χ4v) is 4.10. The van der Waals surface area contributed by atoms with Gasteiger partial charge in [0.2, 0.25) is 5.91 Å². The number of carbonyl (C=O) groups is 1. The number of piperidine rings is 1. The van der Waals surface area contributed by atoms with E-state index in [2.05, 4.69) is 10.2 Å². The van der Waals surface area contributed by atoms with Gasteiger partial charge in [0.15, 0.2) is 0 Å². The lowest BCUT2D eigenvalue weighted by Gasteiger charge is -2.56. The van der Waals surface area contributed by atoms with Gasteiger partial charge in [0, 0.05) is 25.5 Å². The lowest BCUT2D eigenvalue weighted by molar-refractivity contribution is -0.201. The molecule has 0 radical (unpaired) electrons. The first kappa shape index (κ1) is 18.3. The Balaban J connectivity index is 1.37. The number of amides is 1. The average molecular weight is 350 g/mol. The molecule has 6 heteroatoms. The zero-order chi connectivity index (χ0) is 17.9. The van der Waals surface area contributed by atoms with Gasteiger partial charge >= 0.3 is 0 Å². The van der Waals surface area contributed by atoms with Gasteiger partial charge in [-0.15, -0.1) is 0 Å². The first-order chi connectivity index (χ1) is 12.0. The van der Waals surface area contributed by atoms with Crippen LogP contribution in [0.4, 0.5) is 4.39 Å². The van der Waals surface area contributed by atoms with Crippen LogP contribution >= 0.6 is 0 Å². The third kappa shape index (κ3) is 4.02. The highest BCUT2D eigenvalue weighted by molar-refractivity contribution is 5.78. The van der Waals surface area contributed by atoms with E-state index in [9.17, 15) is 14.3 Å². The Morgan fingerprint density at radius 2 is 2.04 bits per heavy atom. The van der Waals surface area contributed by atoms with Crippen LogP contribution in [0.5, 0.6) is 0 Å². The monoisotopic (exact) mass is 350 g/mol. The second-order valence-corrected chi connectivity index (χ2v) is 7.21. The van der Waals surface area contributed by atoms with Crippen LogP contribution in [-0.2, 0) is 16.0 Å². The molecule has 0 bridgehead atoms. The molecule has 25 heavy (non-hydrogen) atoms. The smallest absolute Gasteiger partial charge is 0.234 e. The molecule has 1 aromatic carbocycles. The summed E-state index contributed by atoms with van der Waals surface area (Å²) in [5, 5.41) is 13.1. The van der Waals surface area contributed by atoms with Gasteiger partial charge in [-0.2, -0.15) is 0 Å². The minimum atomic E-state index is -0.274. The van der Waals surface area contributed by atoms with Crippen LogP contribution in [0.25, 0.3) is 0 Å². The Labute approximate surface area is 148 Å². The van der Waals surface area contributed by atoms with Gasteiger partial charge in [0.1, 0.15) is 5.82 Å². The van der Waals surface area contributed by atoms with Crippen LogP contribution in [0.1, 0.15) is 24.8 Å². The van der Waals surface area contributed by atoms with Gasteiger partial charge in [-0.05, 0) is 50.0 Å². The van der Waals surface area contributed by atoms with Crippen LogP contribution in [-0.4, -0.2) is 61.4 Å². The predicted octanol–water partition coefficient (Wildman–Crippen LogP) is 1.35. The minimum absolute atomic E-state index is 0.00973. The first-order valence-electron chi connectivity index (χ1n) is 8.98. The number of aliphatic hydroxyl groups excluding tert-OH is 1. The number of halogens is 1. The first-order valence-corrected chi connectivity index (χ1v) is 8.98. The number of ether oxygens (including phenoxy) is 1. The molecule has 2 unspecified atom stereocenters. The number of methoxy groups -OCH3 is 1. The van der Waals surface area contributed by atoms with Crippen molar-refractivity contribution in [2.45, 2.75) is 37.9 Å². The molecule has 2 atom stereocenters. The Morgan fingerprint density at radius 3 is 2.64 bits per heavy atom. The van der Waals surface area contributed by atoms with Crippen LogP contribution in [0.3, 0.4) is 0 Å². The fourth-order valence-electron chi connectivity index (χ4n) is 4.10. The second-order valence-electron chi connectivity index (χ2n) is 7.21. The quantitative estimate of drug-likeness (QED) is 0.813. The van der Waals surface area contributed by atoms with Gasteiger partial charge in [-0.3, -0.25) is 9.69 Å². The molecule has 1 aliphatic heterocycles. The number of carbonyl (C=O) groups excluding carboxylic acids is 1. The van der Waals surface area contributed by atoms with E-state index in [0.29, 0.717) is 19.5 Å². The summed E-state index contributed by atoms with van der Waals surface area (Å²) in [5.74, 6) is -0.238. The maximum atomic E-state index is 12.9. The summed E-state index contributed by atoms with van der Waals surface area (Å²) < 4.78 is 18.3. The molecular formula is C19H27FN2O3. The summed E-state index contributed by atoms with van der Waals surface area (Å²) >= 11 is 0. The van der Waals surface area contributed by atoms with E-state index in [1.165, 1.54) is 12.1 Å². The van der Waals surface area contributed by atoms with Crippen molar-refractivity contribution in [1.29, 1.82) is 0 Å². The number of likely N-dealkylation sites (tertiary alicyclic amines) is 1. The van der Waals surface area contributed by atoms with Crippen molar-refractivity contribution in [3.8, 4) is 0 Å². The lowest BCUT2D eigenvalue weighted by atomic mass is 9.58. The molecule has 1 heterocycles. The Bertz CT molecular complexity index is 585. The summed E-state index contributed by atoms with van der Waals surface area (Å²) in [7, 11) is 1.71. The Hall–Kier alpha value is -1.50. The van der Waals surface area contributed by atoms with Crippen LogP contribution in [0, 0.1) is 11.2 Å². The molecule has 1 saturated heterocycles. The normalized spacial score (nSPS) is 25.6. The highest BCUT2D eigenvalue weighted by atomic mass is 19.1. The molecule has 0 aromatic heterocycles. The standard InChI is InChI=1S/C19H27FN2O3/c1-25-17-12-16(23)19(17)7-10-22(11-8-19)13-18(24)21-9-6-14-2-4-15(20)5-3-14/h2-5,16-17,23H,6-13H2,1H3,(H,21,24). The van der Waals surface area contributed by atoms with Crippen molar-refractivity contribution in [3.05, 3.63) is 35.6 Å². The zero-order valence-electron chi connectivity index (χ0n) is 14.7. The Morgan fingerprint density at radius 1 is 1.36 bits per heavy atom. The molecule has 5 nitrogen and oxygen atoms in total. The predicted molar refractivity (Wildman–Crippen MR) is 92.6 cm³/mol. The number of hydrogen-bond donors (Lipinski definition) is 2. The molecule has 1 spiro atoms. The van der Waals surface area contributed by atoms with Gasteiger partial charge in [-0.1, -0.05) is 12.1 Å². The van der Waals surface area contributed by atoms with Crippen molar-refractivity contribution in [1.82, 2.24) is 10.2 Å². The van der Waals surface area contributed by atoms with E-state index in [4.69, 9.17) is 4.74 Å².